The molecule has 0 aliphatic heterocycles. The number of fused-ring (bicyclic) bond motifs is 5. The Morgan fingerprint density at radius 1 is 0.260 bits per heavy atom. The Balaban J connectivity index is 0.940. The van der Waals surface area contributed by atoms with Gasteiger partial charge in [0.15, 0.2) is 0 Å². The molecule has 13 rings (SSSR count). The van der Waals surface area contributed by atoms with Crippen LogP contribution in [0.1, 0.15) is 11.1 Å². The lowest BCUT2D eigenvalue weighted by Gasteiger charge is -2.29. The van der Waals surface area contributed by atoms with E-state index < -0.39 is 0 Å². The fourth-order valence-corrected chi connectivity index (χ4v) is 10.7. The van der Waals surface area contributed by atoms with E-state index in [-0.39, 0.29) is 0 Å². The average molecular weight is 935 g/mol. The van der Waals surface area contributed by atoms with E-state index >= 15 is 0 Å². The van der Waals surface area contributed by atoms with Crippen LogP contribution in [0, 0.1) is 13.8 Å². The second-order valence-electron chi connectivity index (χ2n) is 19.1. The summed E-state index contributed by atoms with van der Waals surface area (Å²) in [5.74, 6) is 0. The summed E-state index contributed by atoms with van der Waals surface area (Å²) in [6.45, 7) is 4.34. The van der Waals surface area contributed by atoms with Gasteiger partial charge in [0.25, 0.3) is 0 Å². The summed E-state index contributed by atoms with van der Waals surface area (Å²) in [5, 5.41) is 6.72. The Morgan fingerprint density at radius 3 is 1.04 bits per heavy atom. The molecule has 0 aliphatic rings. The number of rotatable bonds is 10. The van der Waals surface area contributed by atoms with Crippen molar-refractivity contribution in [2.24, 2.45) is 0 Å². The molecule has 73 heavy (non-hydrogen) atoms. The summed E-state index contributed by atoms with van der Waals surface area (Å²) in [6, 6.07) is 96.7. The Hall–Kier alpha value is -9.44. The van der Waals surface area contributed by atoms with E-state index in [1.165, 1.54) is 44.5 Å². The van der Waals surface area contributed by atoms with Crippen molar-refractivity contribution in [2.45, 2.75) is 13.8 Å². The second kappa shape index (κ2) is 18.4. The van der Waals surface area contributed by atoms with Crippen molar-refractivity contribution >= 4 is 77.6 Å². The molecule has 0 N–H and O–H groups in total. The minimum Gasteiger partial charge on any atom is -0.456 e. The lowest BCUT2D eigenvalue weighted by Crippen LogP contribution is -2.11. The molecule has 3 nitrogen and oxygen atoms in total. The van der Waals surface area contributed by atoms with E-state index in [1.54, 1.807) is 0 Å². The number of anilines is 6. The minimum atomic E-state index is 0.861. The monoisotopic (exact) mass is 934 g/mol. The van der Waals surface area contributed by atoms with Crippen LogP contribution in [0.25, 0.3) is 88.0 Å². The molecule has 1 heterocycles. The van der Waals surface area contributed by atoms with E-state index in [1.807, 2.05) is 0 Å². The first-order chi connectivity index (χ1) is 36.0. The van der Waals surface area contributed by atoms with E-state index in [2.05, 4.69) is 291 Å². The van der Waals surface area contributed by atoms with Gasteiger partial charge in [-0.3, -0.25) is 0 Å². The summed E-state index contributed by atoms with van der Waals surface area (Å²) < 4.78 is 6.89. The highest BCUT2D eigenvalue weighted by Crippen LogP contribution is 2.46. The number of benzene rings is 12. The molecule has 0 amide bonds. The first-order valence-electron chi connectivity index (χ1n) is 25.0. The van der Waals surface area contributed by atoms with Gasteiger partial charge < -0.3 is 14.2 Å². The van der Waals surface area contributed by atoms with Crippen LogP contribution in [0.5, 0.6) is 0 Å². The first-order valence-corrected chi connectivity index (χ1v) is 25.0. The van der Waals surface area contributed by atoms with Crippen LogP contribution in [0.2, 0.25) is 0 Å². The number of nitrogens with zero attached hydrogens (tertiary/aromatic N) is 2. The molecule has 0 aliphatic carbocycles. The predicted molar refractivity (Wildman–Crippen MR) is 309 cm³/mol. The lowest BCUT2D eigenvalue weighted by atomic mass is 9.98. The molecule has 0 bridgehead atoms. The summed E-state index contributed by atoms with van der Waals surface area (Å²) >= 11 is 0. The summed E-state index contributed by atoms with van der Waals surface area (Å²) in [7, 11) is 0. The van der Waals surface area contributed by atoms with E-state index in [0.717, 1.165) is 88.7 Å². The molecule has 0 atom stereocenters. The van der Waals surface area contributed by atoms with E-state index in [0.29, 0.717) is 0 Å². The van der Waals surface area contributed by atoms with Crippen LogP contribution in [0.15, 0.2) is 271 Å². The highest BCUT2D eigenvalue weighted by molar-refractivity contribution is 6.14. The highest BCUT2D eigenvalue weighted by atomic mass is 16.3. The summed E-state index contributed by atoms with van der Waals surface area (Å²) in [4.78, 5) is 4.81. The zero-order chi connectivity index (χ0) is 48.8. The molecule has 0 radical (unpaired) electrons. The van der Waals surface area contributed by atoms with Crippen molar-refractivity contribution in [1.29, 1.82) is 0 Å². The molecule has 0 saturated carbocycles. The molecule has 13 aromatic rings. The van der Waals surface area contributed by atoms with Gasteiger partial charge >= 0.3 is 0 Å². The Labute approximate surface area is 426 Å². The Kier molecular flexibility index (Phi) is 11.0. The minimum absolute atomic E-state index is 0.861. The Bertz CT molecular complexity index is 3890. The number of furan rings is 1. The molecule has 0 saturated heterocycles. The lowest BCUT2D eigenvalue weighted by molar-refractivity contribution is 0.670. The maximum absolute atomic E-state index is 6.89. The van der Waals surface area contributed by atoms with Crippen LogP contribution in [0.3, 0.4) is 0 Å². The largest absolute Gasteiger partial charge is 0.456 e. The molecule has 0 fully saturated rings. The predicted octanol–water partition coefficient (Wildman–Crippen LogP) is 20.1. The van der Waals surface area contributed by atoms with Gasteiger partial charge in [-0.05, 0) is 166 Å². The van der Waals surface area contributed by atoms with Gasteiger partial charge in [-0.15, -0.1) is 0 Å². The molecule has 1 aromatic heterocycles. The third-order valence-electron chi connectivity index (χ3n) is 14.2. The molecule has 3 heteroatoms. The number of aryl methyl sites for hydroxylation is 2. The molecular formula is C70H50N2O. The summed E-state index contributed by atoms with van der Waals surface area (Å²) in [5.41, 5.74) is 20.0. The molecule has 0 unspecified atom stereocenters. The van der Waals surface area contributed by atoms with Gasteiger partial charge in [0.2, 0.25) is 0 Å². The van der Waals surface area contributed by atoms with Crippen molar-refractivity contribution < 1.29 is 4.42 Å². The Morgan fingerprint density at radius 2 is 0.630 bits per heavy atom. The average Bonchev–Trinajstić information content (AvgIpc) is 3.79. The van der Waals surface area contributed by atoms with Crippen molar-refractivity contribution in [2.75, 3.05) is 9.80 Å². The SMILES string of the molecule is Cc1ccc(N(c2cccc(-c3ccccc3)c2)c2ccc3cc4c(cc3c2)oc2cc3cc(N(c5cccc(-c6ccccc6)c5)c5ccc(C)cc5-c5ccccc5)ccc3cc24)c(-c2ccccc2)c1. The number of hydrogen-bond donors (Lipinski definition) is 0. The normalized spacial score (nSPS) is 11.4. The van der Waals surface area contributed by atoms with E-state index in [9.17, 15) is 0 Å². The van der Waals surface area contributed by atoms with Gasteiger partial charge in [-0.2, -0.15) is 0 Å². The van der Waals surface area contributed by atoms with Gasteiger partial charge in [-0.25, -0.2) is 0 Å². The quantitative estimate of drug-likeness (QED) is 0.136. The van der Waals surface area contributed by atoms with Crippen LogP contribution in [-0.4, -0.2) is 0 Å². The maximum Gasteiger partial charge on any atom is 0.136 e. The van der Waals surface area contributed by atoms with Crippen LogP contribution in [-0.2, 0) is 0 Å². The highest BCUT2D eigenvalue weighted by Gasteiger charge is 2.22. The van der Waals surface area contributed by atoms with Gasteiger partial charge in [0.05, 0.1) is 11.4 Å². The number of hydrogen-bond acceptors (Lipinski definition) is 3. The topological polar surface area (TPSA) is 19.6 Å². The first kappa shape index (κ1) is 43.6. The van der Waals surface area contributed by atoms with Crippen LogP contribution < -0.4 is 9.80 Å². The third-order valence-corrected chi connectivity index (χ3v) is 14.2. The standard InChI is InChI=1S/C70H50N2O/c1-47-29-35-67(63(37-47)51-21-11-5-12-22-51)71(59-27-15-25-53(39-59)49-17-7-3-8-18-49)61-33-31-55-43-65-66-44-56-32-34-62(42-58(56)46-70(66)73-69(65)45-57(55)41-61)72(60-28-16-26-54(40-60)50-19-9-4-10-20-50)68-36-30-48(2)38-64(68)52-23-13-6-14-24-52/h3-46H,1-2H3. The van der Waals surface area contributed by atoms with Crippen molar-refractivity contribution in [3.05, 3.63) is 278 Å². The maximum atomic E-state index is 6.89. The second-order valence-corrected chi connectivity index (χ2v) is 19.1. The molecule has 346 valence electrons. The fraction of sp³-hybridized carbons (Fsp3) is 0.0286. The fourth-order valence-electron chi connectivity index (χ4n) is 10.7. The molecule has 0 spiro atoms. The van der Waals surface area contributed by atoms with Crippen molar-refractivity contribution in [3.63, 3.8) is 0 Å². The van der Waals surface area contributed by atoms with Crippen molar-refractivity contribution in [1.82, 2.24) is 0 Å². The zero-order valence-corrected chi connectivity index (χ0v) is 40.7. The van der Waals surface area contributed by atoms with Gasteiger partial charge in [0.1, 0.15) is 11.2 Å². The third kappa shape index (κ3) is 8.27. The van der Waals surface area contributed by atoms with Crippen LogP contribution >= 0.6 is 0 Å². The van der Waals surface area contributed by atoms with E-state index in [4.69, 9.17) is 4.42 Å². The van der Waals surface area contributed by atoms with Crippen molar-refractivity contribution in [3.8, 4) is 44.5 Å². The van der Waals surface area contributed by atoms with Gasteiger partial charge in [0, 0.05) is 44.6 Å². The van der Waals surface area contributed by atoms with Crippen LogP contribution in [0.4, 0.5) is 34.1 Å². The molecular weight excluding hydrogens is 885 g/mol. The molecule has 12 aromatic carbocycles. The zero-order valence-electron chi connectivity index (χ0n) is 40.7. The van der Waals surface area contributed by atoms with Gasteiger partial charge in [-0.1, -0.05) is 181 Å². The smallest absolute Gasteiger partial charge is 0.136 e. The summed E-state index contributed by atoms with van der Waals surface area (Å²) in [6.07, 6.45) is 0.